The van der Waals surface area contributed by atoms with E-state index in [4.69, 9.17) is 9.47 Å². The van der Waals surface area contributed by atoms with E-state index in [2.05, 4.69) is 27.0 Å². The van der Waals surface area contributed by atoms with E-state index < -0.39 is 0 Å². The first-order valence-electron chi connectivity index (χ1n) is 8.50. The minimum atomic E-state index is -0.0312. The molecule has 7 nitrogen and oxygen atoms in total. The fraction of sp³-hybridized carbons (Fsp3) is 0.471. The van der Waals surface area contributed by atoms with Gasteiger partial charge in [-0.1, -0.05) is 11.8 Å². The lowest BCUT2D eigenvalue weighted by molar-refractivity contribution is -0.115. The van der Waals surface area contributed by atoms with Crippen molar-refractivity contribution in [2.75, 3.05) is 17.9 Å². The molecule has 1 saturated carbocycles. The van der Waals surface area contributed by atoms with E-state index in [1.54, 1.807) is 23.9 Å². The number of hydrogen-bond acceptors (Lipinski definition) is 6. The van der Waals surface area contributed by atoms with Crippen molar-refractivity contribution in [1.82, 2.24) is 14.8 Å². The van der Waals surface area contributed by atoms with Gasteiger partial charge in [-0.3, -0.25) is 4.79 Å². The Bertz CT molecular complexity index is 788. The van der Waals surface area contributed by atoms with Crippen LogP contribution >= 0.6 is 11.8 Å². The molecule has 1 aliphatic heterocycles. The van der Waals surface area contributed by atoms with E-state index in [-0.39, 0.29) is 12.7 Å². The molecule has 0 radical (unpaired) electrons. The third-order valence-electron chi connectivity index (χ3n) is 4.22. The highest BCUT2D eigenvalue weighted by atomic mass is 32.2. The molecule has 0 unspecified atom stereocenters. The first-order chi connectivity index (χ1) is 12.2. The van der Waals surface area contributed by atoms with Crippen LogP contribution in [0.3, 0.4) is 0 Å². The number of rotatable bonds is 7. The van der Waals surface area contributed by atoms with Gasteiger partial charge in [0.15, 0.2) is 16.7 Å². The molecule has 0 saturated heterocycles. The molecule has 132 valence electrons. The molecule has 2 aliphatic rings. The van der Waals surface area contributed by atoms with Crippen molar-refractivity contribution < 1.29 is 14.3 Å². The maximum atomic E-state index is 12.1. The molecule has 0 bridgehead atoms. The van der Waals surface area contributed by atoms with E-state index in [0.29, 0.717) is 35.3 Å². The van der Waals surface area contributed by atoms with E-state index >= 15 is 0 Å². The molecule has 1 aromatic heterocycles. The first kappa shape index (κ1) is 16.3. The number of anilines is 1. The van der Waals surface area contributed by atoms with Crippen molar-refractivity contribution >= 4 is 23.4 Å². The zero-order chi connectivity index (χ0) is 17.2. The highest BCUT2D eigenvalue weighted by Crippen LogP contribution is 2.40. The van der Waals surface area contributed by atoms with Crippen LogP contribution in [0.5, 0.6) is 11.5 Å². The standard InChI is InChI=1S/C17H20N4O3S/c1-2-21-16(11-3-4-11)19-20-17(21)25-8-7-15(22)18-12-5-6-13-14(9-12)24-10-23-13/h5-6,9,11H,2-4,7-8,10H2,1H3,(H,18,22). The predicted molar refractivity (Wildman–Crippen MR) is 94.2 cm³/mol. The number of nitrogens with zero attached hydrogens (tertiary/aromatic N) is 3. The van der Waals surface area contributed by atoms with Crippen molar-refractivity contribution in [3.63, 3.8) is 0 Å². The molecule has 1 aromatic carbocycles. The largest absolute Gasteiger partial charge is 0.454 e. The number of carbonyl (C=O) groups is 1. The normalized spacial score (nSPS) is 15.4. The summed E-state index contributed by atoms with van der Waals surface area (Å²) < 4.78 is 12.7. The Morgan fingerprint density at radius 3 is 2.96 bits per heavy atom. The molecular formula is C17H20N4O3S. The second-order valence-corrected chi connectivity index (χ2v) is 7.14. The van der Waals surface area contributed by atoms with Crippen LogP contribution in [0.25, 0.3) is 0 Å². The Hall–Kier alpha value is -2.22. The fourth-order valence-electron chi connectivity index (χ4n) is 2.78. The van der Waals surface area contributed by atoms with Crippen molar-refractivity contribution in [3.8, 4) is 11.5 Å². The maximum absolute atomic E-state index is 12.1. The van der Waals surface area contributed by atoms with Crippen molar-refractivity contribution in [3.05, 3.63) is 24.0 Å². The van der Waals surface area contributed by atoms with E-state index in [1.807, 2.05) is 6.07 Å². The van der Waals surface area contributed by atoms with E-state index in [9.17, 15) is 4.79 Å². The summed E-state index contributed by atoms with van der Waals surface area (Å²) in [7, 11) is 0. The molecule has 2 heterocycles. The van der Waals surface area contributed by atoms with Gasteiger partial charge in [-0.2, -0.15) is 0 Å². The van der Waals surface area contributed by atoms with E-state index in [1.165, 1.54) is 12.8 Å². The van der Waals surface area contributed by atoms with Gasteiger partial charge in [0, 0.05) is 36.4 Å². The van der Waals surface area contributed by atoms with Crippen LogP contribution in [0.4, 0.5) is 5.69 Å². The molecule has 8 heteroatoms. The summed E-state index contributed by atoms with van der Waals surface area (Å²) in [5.74, 6) is 3.68. The Labute approximate surface area is 150 Å². The number of thioether (sulfide) groups is 1. The van der Waals surface area contributed by atoms with Gasteiger partial charge in [0.2, 0.25) is 12.7 Å². The van der Waals surface area contributed by atoms with Crippen LogP contribution in [0.15, 0.2) is 23.4 Å². The smallest absolute Gasteiger partial charge is 0.231 e. The van der Waals surface area contributed by atoms with E-state index in [0.717, 1.165) is 17.5 Å². The Morgan fingerprint density at radius 1 is 1.32 bits per heavy atom. The lowest BCUT2D eigenvalue weighted by atomic mass is 10.2. The van der Waals surface area contributed by atoms with Crippen LogP contribution in [0.2, 0.25) is 0 Å². The average Bonchev–Trinajstić information content (AvgIpc) is 3.20. The quantitative estimate of drug-likeness (QED) is 0.765. The molecule has 0 spiro atoms. The summed E-state index contributed by atoms with van der Waals surface area (Å²) in [6.45, 7) is 3.19. The topological polar surface area (TPSA) is 78.3 Å². The number of fused-ring (bicyclic) bond motifs is 1. The zero-order valence-electron chi connectivity index (χ0n) is 14.0. The van der Waals surface area contributed by atoms with Crippen LogP contribution < -0.4 is 14.8 Å². The molecule has 2 aromatic rings. The summed E-state index contributed by atoms with van der Waals surface area (Å²) >= 11 is 1.58. The van der Waals surface area contributed by atoms with Gasteiger partial charge in [0.1, 0.15) is 5.82 Å². The molecule has 1 amide bonds. The molecule has 0 atom stereocenters. The summed E-state index contributed by atoms with van der Waals surface area (Å²) in [5.41, 5.74) is 0.715. The monoisotopic (exact) mass is 360 g/mol. The lowest BCUT2D eigenvalue weighted by Gasteiger charge is -2.07. The molecule has 1 aliphatic carbocycles. The van der Waals surface area contributed by atoms with Crippen molar-refractivity contribution in [2.24, 2.45) is 0 Å². The number of ether oxygens (including phenoxy) is 2. The van der Waals surface area contributed by atoms with Gasteiger partial charge in [-0.05, 0) is 31.9 Å². The van der Waals surface area contributed by atoms with Gasteiger partial charge in [0.05, 0.1) is 0 Å². The van der Waals surface area contributed by atoms with Gasteiger partial charge in [0.25, 0.3) is 0 Å². The third-order valence-corrected chi connectivity index (χ3v) is 5.19. The van der Waals surface area contributed by atoms with Crippen LogP contribution in [-0.2, 0) is 11.3 Å². The predicted octanol–water partition coefficient (Wildman–Crippen LogP) is 3.03. The van der Waals surface area contributed by atoms with Crippen LogP contribution in [0, 0.1) is 0 Å². The highest BCUT2D eigenvalue weighted by Gasteiger charge is 2.29. The Kier molecular flexibility index (Phi) is 4.52. The summed E-state index contributed by atoms with van der Waals surface area (Å²) in [6.07, 6.45) is 2.83. The van der Waals surface area contributed by atoms with Gasteiger partial charge >= 0.3 is 0 Å². The third kappa shape index (κ3) is 3.58. The van der Waals surface area contributed by atoms with Crippen molar-refractivity contribution in [2.45, 2.75) is 43.8 Å². The van der Waals surface area contributed by atoms with Crippen LogP contribution in [-0.4, -0.2) is 33.2 Å². The minimum absolute atomic E-state index is 0.0312. The van der Waals surface area contributed by atoms with Gasteiger partial charge < -0.3 is 19.4 Å². The zero-order valence-corrected chi connectivity index (χ0v) is 14.8. The second-order valence-electron chi connectivity index (χ2n) is 6.07. The molecule has 4 rings (SSSR count). The van der Waals surface area contributed by atoms with Crippen LogP contribution in [0.1, 0.15) is 37.9 Å². The number of hydrogen-bond donors (Lipinski definition) is 1. The lowest BCUT2D eigenvalue weighted by Crippen LogP contribution is -2.12. The SMILES string of the molecule is CCn1c(SCCC(=O)Nc2ccc3c(c2)OCO3)nnc1C1CC1. The van der Waals surface area contributed by atoms with Gasteiger partial charge in [-0.25, -0.2) is 0 Å². The first-order valence-corrected chi connectivity index (χ1v) is 9.48. The van der Waals surface area contributed by atoms with Gasteiger partial charge in [-0.15, -0.1) is 10.2 Å². The number of nitrogens with one attached hydrogen (secondary N) is 1. The highest BCUT2D eigenvalue weighted by molar-refractivity contribution is 7.99. The molecule has 1 fully saturated rings. The number of amides is 1. The average molecular weight is 360 g/mol. The second kappa shape index (κ2) is 6.95. The maximum Gasteiger partial charge on any atom is 0.231 e. The molecule has 1 N–H and O–H groups in total. The number of benzene rings is 1. The fourth-order valence-corrected chi connectivity index (χ4v) is 3.73. The molecular weight excluding hydrogens is 340 g/mol. The summed E-state index contributed by atoms with van der Waals surface area (Å²) in [5, 5.41) is 12.4. The summed E-state index contributed by atoms with van der Waals surface area (Å²) in [4.78, 5) is 12.1. The minimum Gasteiger partial charge on any atom is -0.454 e. The number of aromatic nitrogens is 3. The molecule has 25 heavy (non-hydrogen) atoms. The number of carbonyl (C=O) groups excluding carboxylic acids is 1. The Morgan fingerprint density at radius 2 is 2.16 bits per heavy atom. The summed E-state index contributed by atoms with van der Waals surface area (Å²) in [6, 6.07) is 5.40. The van der Waals surface area contributed by atoms with Crippen molar-refractivity contribution in [1.29, 1.82) is 0 Å². The Balaban J connectivity index is 1.29.